The molecule has 0 saturated heterocycles. The van der Waals surface area contributed by atoms with Gasteiger partial charge in [-0.3, -0.25) is 14.9 Å². The predicted molar refractivity (Wildman–Crippen MR) is 78.2 cm³/mol. The second kappa shape index (κ2) is 6.19. The minimum atomic E-state index is -0.638. The Morgan fingerprint density at radius 3 is 2.86 bits per heavy atom. The third-order valence-corrected chi connectivity index (χ3v) is 2.95. The molecule has 1 aromatic heterocycles. The van der Waals surface area contributed by atoms with Gasteiger partial charge in [0.2, 0.25) is 0 Å². The molecule has 1 heterocycles. The lowest BCUT2D eigenvalue weighted by Crippen LogP contribution is -2.15. The summed E-state index contributed by atoms with van der Waals surface area (Å²) in [4.78, 5) is 25.3. The van der Waals surface area contributed by atoms with Crippen LogP contribution in [-0.4, -0.2) is 15.8 Å². The molecular formula is C13H11ClN4O3. The van der Waals surface area contributed by atoms with Crippen molar-refractivity contribution in [3.8, 4) is 0 Å². The average molecular weight is 307 g/mol. The third kappa shape index (κ3) is 3.67. The molecule has 2 rings (SSSR count). The van der Waals surface area contributed by atoms with E-state index in [9.17, 15) is 14.9 Å². The number of nitro benzene ring substituents is 1. The Morgan fingerprint density at radius 1 is 1.43 bits per heavy atom. The number of non-ortho nitro benzene ring substituents is 1. The van der Waals surface area contributed by atoms with Gasteiger partial charge in [0, 0.05) is 24.9 Å². The van der Waals surface area contributed by atoms with Crippen molar-refractivity contribution < 1.29 is 9.72 Å². The maximum absolute atomic E-state index is 11.3. The van der Waals surface area contributed by atoms with E-state index in [2.05, 4.69) is 10.3 Å². The minimum absolute atomic E-state index is 0.00261. The van der Waals surface area contributed by atoms with E-state index in [4.69, 9.17) is 17.3 Å². The standard InChI is InChI=1S/C13H11ClN4O3/c14-12-5-11(10(7-17-12)13(15)19)16-6-8-2-1-3-9(4-8)18(20)21/h1-5,7H,6H2,(H2,15,19)(H,16,17). The van der Waals surface area contributed by atoms with Crippen LogP contribution in [0.25, 0.3) is 0 Å². The van der Waals surface area contributed by atoms with Crippen molar-refractivity contribution in [2.45, 2.75) is 6.54 Å². The number of hydrogen-bond donors (Lipinski definition) is 2. The number of benzene rings is 1. The number of primary amides is 1. The minimum Gasteiger partial charge on any atom is -0.380 e. The lowest BCUT2D eigenvalue weighted by molar-refractivity contribution is -0.384. The Bertz CT molecular complexity index is 706. The van der Waals surface area contributed by atoms with Crippen molar-refractivity contribution >= 4 is 28.9 Å². The summed E-state index contributed by atoms with van der Waals surface area (Å²) >= 11 is 5.78. The van der Waals surface area contributed by atoms with E-state index in [1.54, 1.807) is 12.1 Å². The molecule has 0 aliphatic carbocycles. The number of halogens is 1. The van der Waals surface area contributed by atoms with Crippen LogP contribution in [0, 0.1) is 10.1 Å². The normalized spacial score (nSPS) is 10.1. The molecule has 8 heteroatoms. The van der Waals surface area contributed by atoms with Gasteiger partial charge in [0.05, 0.1) is 16.2 Å². The van der Waals surface area contributed by atoms with Gasteiger partial charge in [-0.2, -0.15) is 0 Å². The number of nitrogens with one attached hydrogen (secondary N) is 1. The fourth-order valence-electron chi connectivity index (χ4n) is 1.75. The number of amides is 1. The summed E-state index contributed by atoms with van der Waals surface area (Å²) < 4.78 is 0. The number of carbonyl (C=O) groups excluding carboxylic acids is 1. The van der Waals surface area contributed by atoms with Crippen molar-refractivity contribution in [3.63, 3.8) is 0 Å². The summed E-state index contributed by atoms with van der Waals surface area (Å²) in [7, 11) is 0. The van der Waals surface area contributed by atoms with Crippen LogP contribution in [0.1, 0.15) is 15.9 Å². The van der Waals surface area contributed by atoms with Crippen LogP contribution in [0.4, 0.5) is 11.4 Å². The average Bonchev–Trinajstić information content (AvgIpc) is 2.45. The second-order valence-corrected chi connectivity index (χ2v) is 4.58. The summed E-state index contributed by atoms with van der Waals surface area (Å²) in [6, 6.07) is 7.64. The van der Waals surface area contributed by atoms with Crippen LogP contribution in [0.15, 0.2) is 36.5 Å². The first kappa shape index (κ1) is 14.7. The largest absolute Gasteiger partial charge is 0.380 e. The van der Waals surface area contributed by atoms with E-state index in [-0.39, 0.29) is 22.9 Å². The summed E-state index contributed by atoms with van der Waals surface area (Å²) in [5.74, 6) is -0.638. The number of nitro groups is 1. The van der Waals surface area contributed by atoms with Crippen LogP contribution in [-0.2, 0) is 6.54 Å². The van der Waals surface area contributed by atoms with E-state index < -0.39 is 10.8 Å². The summed E-state index contributed by atoms with van der Waals surface area (Å²) in [6.07, 6.45) is 1.28. The summed E-state index contributed by atoms with van der Waals surface area (Å²) in [6.45, 7) is 0.280. The molecule has 0 atom stereocenters. The maximum Gasteiger partial charge on any atom is 0.269 e. The van der Waals surface area contributed by atoms with Gasteiger partial charge in [-0.15, -0.1) is 0 Å². The molecule has 21 heavy (non-hydrogen) atoms. The molecule has 1 amide bonds. The van der Waals surface area contributed by atoms with Crippen molar-refractivity contribution in [3.05, 3.63) is 62.9 Å². The Morgan fingerprint density at radius 2 is 2.19 bits per heavy atom. The molecule has 0 aliphatic rings. The molecule has 2 aromatic rings. The zero-order valence-electron chi connectivity index (χ0n) is 10.7. The second-order valence-electron chi connectivity index (χ2n) is 4.20. The first-order valence-electron chi connectivity index (χ1n) is 5.90. The quantitative estimate of drug-likeness (QED) is 0.500. The molecular weight excluding hydrogens is 296 g/mol. The summed E-state index contributed by atoms with van der Waals surface area (Å²) in [5, 5.41) is 13.9. The Balaban J connectivity index is 2.20. The predicted octanol–water partition coefficient (Wildman–Crippen LogP) is 2.35. The number of carbonyl (C=O) groups is 1. The highest BCUT2D eigenvalue weighted by Gasteiger charge is 2.10. The van der Waals surface area contributed by atoms with Gasteiger partial charge in [0.1, 0.15) is 5.15 Å². The van der Waals surface area contributed by atoms with Gasteiger partial charge in [-0.25, -0.2) is 4.98 Å². The fourth-order valence-corrected chi connectivity index (χ4v) is 1.91. The first-order chi connectivity index (χ1) is 9.97. The maximum atomic E-state index is 11.3. The van der Waals surface area contributed by atoms with E-state index in [1.807, 2.05) is 0 Å². The van der Waals surface area contributed by atoms with E-state index in [0.717, 1.165) is 0 Å². The molecule has 7 nitrogen and oxygen atoms in total. The zero-order valence-corrected chi connectivity index (χ0v) is 11.5. The van der Waals surface area contributed by atoms with Crippen molar-refractivity contribution in [1.29, 1.82) is 0 Å². The molecule has 108 valence electrons. The first-order valence-corrected chi connectivity index (χ1v) is 6.27. The molecule has 0 fully saturated rings. The van der Waals surface area contributed by atoms with E-state index in [1.165, 1.54) is 24.4 Å². The monoisotopic (exact) mass is 306 g/mol. The zero-order chi connectivity index (χ0) is 15.4. The number of anilines is 1. The van der Waals surface area contributed by atoms with Gasteiger partial charge in [0.15, 0.2) is 0 Å². The van der Waals surface area contributed by atoms with Gasteiger partial charge >= 0.3 is 0 Å². The lowest BCUT2D eigenvalue weighted by Gasteiger charge is -2.10. The van der Waals surface area contributed by atoms with Crippen LogP contribution in [0.2, 0.25) is 5.15 Å². The molecule has 0 radical (unpaired) electrons. The number of aromatic nitrogens is 1. The van der Waals surface area contributed by atoms with E-state index in [0.29, 0.717) is 11.3 Å². The Labute approximate surface area is 124 Å². The van der Waals surface area contributed by atoms with Crippen molar-refractivity contribution in [2.24, 2.45) is 5.73 Å². The van der Waals surface area contributed by atoms with Crippen molar-refractivity contribution in [1.82, 2.24) is 4.98 Å². The van der Waals surface area contributed by atoms with Crippen molar-refractivity contribution in [2.75, 3.05) is 5.32 Å². The third-order valence-electron chi connectivity index (χ3n) is 2.74. The molecule has 1 aromatic carbocycles. The number of hydrogen-bond acceptors (Lipinski definition) is 5. The topological polar surface area (TPSA) is 111 Å². The van der Waals surface area contributed by atoms with Crippen LogP contribution in [0.5, 0.6) is 0 Å². The van der Waals surface area contributed by atoms with Crippen LogP contribution in [0.3, 0.4) is 0 Å². The van der Waals surface area contributed by atoms with Gasteiger partial charge in [-0.05, 0) is 11.6 Å². The highest BCUT2D eigenvalue weighted by Crippen LogP contribution is 2.20. The summed E-state index contributed by atoms with van der Waals surface area (Å²) in [5.41, 5.74) is 6.55. The Kier molecular flexibility index (Phi) is 4.34. The number of nitrogens with zero attached hydrogens (tertiary/aromatic N) is 2. The Hall–Kier alpha value is -2.67. The molecule has 0 bridgehead atoms. The lowest BCUT2D eigenvalue weighted by atomic mass is 10.2. The van der Waals surface area contributed by atoms with E-state index >= 15 is 0 Å². The molecule has 3 N–H and O–H groups in total. The highest BCUT2D eigenvalue weighted by atomic mass is 35.5. The number of pyridine rings is 1. The number of nitrogens with two attached hydrogens (primary N) is 1. The van der Waals surface area contributed by atoms with Crippen LogP contribution < -0.4 is 11.1 Å². The highest BCUT2D eigenvalue weighted by molar-refractivity contribution is 6.29. The van der Waals surface area contributed by atoms with Gasteiger partial charge < -0.3 is 11.1 Å². The molecule has 0 spiro atoms. The fraction of sp³-hybridized carbons (Fsp3) is 0.0769. The number of rotatable bonds is 5. The molecule has 0 aliphatic heterocycles. The van der Waals surface area contributed by atoms with Gasteiger partial charge in [-0.1, -0.05) is 23.7 Å². The molecule has 0 saturated carbocycles. The smallest absolute Gasteiger partial charge is 0.269 e. The van der Waals surface area contributed by atoms with Crippen LogP contribution >= 0.6 is 11.6 Å². The SMILES string of the molecule is NC(=O)c1cnc(Cl)cc1NCc1cccc([N+](=O)[O-])c1. The molecule has 0 unspecified atom stereocenters. The van der Waals surface area contributed by atoms with Gasteiger partial charge in [0.25, 0.3) is 11.6 Å².